The summed E-state index contributed by atoms with van der Waals surface area (Å²) >= 11 is 0. The van der Waals surface area contributed by atoms with Crippen LogP contribution in [-0.4, -0.2) is 9.13 Å². The molecule has 47 heavy (non-hydrogen) atoms. The smallest absolute Gasteiger partial charge is 0.200 e. The van der Waals surface area contributed by atoms with Crippen LogP contribution in [0.25, 0.3) is 88.1 Å². The summed E-state index contributed by atoms with van der Waals surface area (Å²) in [7, 11) is 0. The normalized spacial score (nSPS) is 11.9. The molecule has 10 rings (SSSR count). The van der Waals surface area contributed by atoms with E-state index in [-0.39, 0.29) is 5.43 Å². The highest BCUT2D eigenvalue weighted by Gasteiger charge is 2.22. The van der Waals surface area contributed by atoms with Crippen molar-refractivity contribution in [3.05, 3.63) is 168 Å². The van der Waals surface area contributed by atoms with E-state index in [1.165, 1.54) is 21.5 Å². The topological polar surface area (TPSA) is 40.1 Å². The number of fused-ring (bicyclic) bond motifs is 9. The molecule has 0 unspecified atom stereocenters. The third-order valence-electron chi connectivity index (χ3n) is 9.51. The molecular formula is C43H26N2O2. The largest absolute Gasteiger partial charge is 0.455 e. The molecule has 0 spiro atoms. The lowest BCUT2D eigenvalue weighted by Gasteiger charge is -2.13. The van der Waals surface area contributed by atoms with E-state index < -0.39 is 0 Å². The molecule has 0 atom stereocenters. The number of aromatic nitrogens is 2. The van der Waals surface area contributed by atoms with Gasteiger partial charge in [-0.15, -0.1) is 0 Å². The third kappa shape index (κ3) is 3.67. The summed E-state index contributed by atoms with van der Waals surface area (Å²) in [5, 5.41) is 5.87. The molecular weight excluding hydrogens is 576 g/mol. The summed E-state index contributed by atoms with van der Waals surface area (Å²) in [5.74, 6) is 0. The molecule has 0 fully saturated rings. The van der Waals surface area contributed by atoms with Crippen molar-refractivity contribution < 1.29 is 4.42 Å². The molecule has 4 nitrogen and oxygen atoms in total. The van der Waals surface area contributed by atoms with Gasteiger partial charge in [0.2, 0.25) is 5.43 Å². The van der Waals surface area contributed by atoms with E-state index in [1.54, 1.807) is 0 Å². The van der Waals surface area contributed by atoms with Crippen LogP contribution in [0.3, 0.4) is 0 Å². The second-order valence-electron chi connectivity index (χ2n) is 12.1. The second-order valence-corrected chi connectivity index (χ2v) is 12.1. The van der Waals surface area contributed by atoms with Crippen molar-refractivity contribution in [3.8, 4) is 22.5 Å². The summed E-state index contributed by atoms with van der Waals surface area (Å²) in [6, 6.07) is 54.1. The average molecular weight is 603 g/mol. The summed E-state index contributed by atoms with van der Waals surface area (Å²) < 4.78 is 11.4. The fourth-order valence-corrected chi connectivity index (χ4v) is 7.46. The van der Waals surface area contributed by atoms with Gasteiger partial charge in [-0.25, -0.2) is 0 Å². The highest BCUT2D eigenvalue weighted by molar-refractivity contribution is 6.23. The van der Waals surface area contributed by atoms with Crippen LogP contribution < -0.4 is 5.43 Å². The molecule has 0 amide bonds. The molecule has 0 N–H and O–H groups in total. The first-order chi connectivity index (χ1) is 23.3. The first kappa shape index (κ1) is 25.9. The van der Waals surface area contributed by atoms with Crippen LogP contribution in [0.4, 0.5) is 0 Å². The van der Waals surface area contributed by atoms with Gasteiger partial charge in [0.05, 0.1) is 38.5 Å². The van der Waals surface area contributed by atoms with Gasteiger partial charge in [0.25, 0.3) is 0 Å². The number of para-hydroxylation sites is 4. The van der Waals surface area contributed by atoms with Crippen LogP contribution in [0.1, 0.15) is 0 Å². The first-order valence-electron chi connectivity index (χ1n) is 15.8. The lowest BCUT2D eigenvalue weighted by molar-refractivity contribution is 0.661. The van der Waals surface area contributed by atoms with E-state index in [2.05, 4.69) is 100 Å². The zero-order valence-corrected chi connectivity index (χ0v) is 25.2. The zero-order valence-electron chi connectivity index (χ0n) is 25.2. The Hall–Kier alpha value is -6.39. The van der Waals surface area contributed by atoms with E-state index in [4.69, 9.17) is 4.42 Å². The van der Waals surface area contributed by atoms with Crippen LogP contribution in [0.2, 0.25) is 0 Å². The minimum Gasteiger partial charge on any atom is -0.455 e. The quantitative estimate of drug-likeness (QED) is 0.189. The molecule has 0 saturated heterocycles. The van der Waals surface area contributed by atoms with Gasteiger partial charge in [0.15, 0.2) is 0 Å². The molecule has 10 aromatic rings. The van der Waals surface area contributed by atoms with Gasteiger partial charge in [-0.3, -0.25) is 4.79 Å². The van der Waals surface area contributed by atoms with Crippen LogP contribution in [0, 0.1) is 0 Å². The molecule has 4 heteroatoms. The molecule has 0 aliphatic heterocycles. The number of benzene rings is 7. The maximum atomic E-state index is 13.9. The van der Waals surface area contributed by atoms with E-state index >= 15 is 0 Å². The van der Waals surface area contributed by atoms with Crippen molar-refractivity contribution in [2.24, 2.45) is 0 Å². The van der Waals surface area contributed by atoms with Gasteiger partial charge in [-0.1, -0.05) is 109 Å². The minimum absolute atomic E-state index is 0.0283. The minimum atomic E-state index is -0.0283. The van der Waals surface area contributed by atoms with Gasteiger partial charge in [-0.05, 0) is 48.0 Å². The van der Waals surface area contributed by atoms with Crippen molar-refractivity contribution in [1.29, 1.82) is 0 Å². The van der Waals surface area contributed by atoms with E-state index in [1.807, 2.05) is 66.7 Å². The predicted molar refractivity (Wildman–Crippen MR) is 194 cm³/mol. The van der Waals surface area contributed by atoms with Crippen molar-refractivity contribution in [1.82, 2.24) is 9.13 Å². The Morgan fingerprint density at radius 1 is 0.426 bits per heavy atom. The predicted octanol–water partition coefficient (Wildman–Crippen LogP) is 10.8. The lowest BCUT2D eigenvalue weighted by atomic mass is 10.0. The molecule has 3 heterocycles. The Balaban J connectivity index is 1.35. The molecule has 0 aliphatic rings. The van der Waals surface area contributed by atoms with Crippen LogP contribution in [-0.2, 0) is 0 Å². The Labute approximate surface area is 268 Å². The van der Waals surface area contributed by atoms with E-state index in [9.17, 15) is 4.79 Å². The van der Waals surface area contributed by atoms with Gasteiger partial charge in [0, 0.05) is 38.9 Å². The Morgan fingerprint density at radius 3 is 1.66 bits per heavy atom. The van der Waals surface area contributed by atoms with Crippen LogP contribution in [0.15, 0.2) is 167 Å². The van der Waals surface area contributed by atoms with Crippen molar-refractivity contribution in [2.75, 3.05) is 0 Å². The number of nitrogens with zero attached hydrogens (tertiary/aromatic N) is 2. The van der Waals surface area contributed by atoms with E-state index in [0.29, 0.717) is 21.9 Å². The Morgan fingerprint density at radius 2 is 0.979 bits per heavy atom. The molecule has 3 aromatic heterocycles. The fraction of sp³-hybridized carbons (Fsp3) is 0. The summed E-state index contributed by atoms with van der Waals surface area (Å²) in [6.07, 6.45) is 0. The fourth-order valence-electron chi connectivity index (χ4n) is 7.46. The summed E-state index contributed by atoms with van der Waals surface area (Å²) in [6.45, 7) is 0. The number of rotatable bonds is 3. The van der Waals surface area contributed by atoms with Crippen LogP contribution >= 0.6 is 0 Å². The monoisotopic (exact) mass is 602 g/mol. The van der Waals surface area contributed by atoms with Crippen molar-refractivity contribution in [2.45, 2.75) is 0 Å². The standard InChI is InChI=1S/C43H26N2O2/c46-42-35-23-22-29(26-39(35)47-43-30(18-11-19-36(42)43)27-12-3-1-4-13-27)45-38-21-10-8-17-32(38)34-25-24-33-31-16-7-9-20-37(31)44(40(33)41(34)45)28-14-5-2-6-15-28/h1-26H. The van der Waals surface area contributed by atoms with E-state index in [0.717, 1.165) is 44.6 Å². The zero-order chi connectivity index (χ0) is 31.1. The van der Waals surface area contributed by atoms with Gasteiger partial charge in [-0.2, -0.15) is 0 Å². The first-order valence-corrected chi connectivity index (χ1v) is 15.8. The Kier molecular flexibility index (Phi) is 5.40. The van der Waals surface area contributed by atoms with Gasteiger partial charge < -0.3 is 13.6 Å². The molecule has 0 saturated carbocycles. The maximum Gasteiger partial charge on any atom is 0.200 e. The number of hydrogen-bond acceptors (Lipinski definition) is 2. The van der Waals surface area contributed by atoms with Gasteiger partial charge in [0.1, 0.15) is 11.2 Å². The summed E-state index contributed by atoms with van der Waals surface area (Å²) in [4.78, 5) is 13.9. The lowest BCUT2D eigenvalue weighted by Crippen LogP contribution is -2.04. The highest BCUT2D eigenvalue weighted by atomic mass is 16.3. The molecule has 7 aromatic carbocycles. The third-order valence-corrected chi connectivity index (χ3v) is 9.51. The van der Waals surface area contributed by atoms with Crippen LogP contribution in [0.5, 0.6) is 0 Å². The van der Waals surface area contributed by atoms with Crippen molar-refractivity contribution in [3.63, 3.8) is 0 Å². The van der Waals surface area contributed by atoms with Gasteiger partial charge >= 0.3 is 0 Å². The molecule has 0 bridgehead atoms. The maximum absolute atomic E-state index is 13.9. The van der Waals surface area contributed by atoms with Crippen molar-refractivity contribution >= 4 is 65.6 Å². The number of hydrogen-bond donors (Lipinski definition) is 0. The summed E-state index contributed by atoms with van der Waals surface area (Å²) in [5.41, 5.74) is 9.57. The second kappa shape index (κ2) is 9.80. The highest BCUT2D eigenvalue weighted by Crippen LogP contribution is 2.42. The molecule has 0 aliphatic carbocycles. The molecule has 220 valence electrons. The Bertz CT molecular complexity index is 2910. The average Bonchev–Trinajstić information content (AvgIpc) is 3.65. The molecule has 0 radical (unpaired) electrons. The SMILES string of the molecule is O=c1c2ccc(-n3c4ccccc4c4ccc5c6ccccc6n(-c6ccccc6)c5c43)cc2oc2c(-c3ccccc3)cccc12.